The van der Waals surface area contributed by atoms with Crippen molar-refractivity contribution in [3.63, 3.8) is 0 Å². The molecule has 0 saturated carbocycles. The maximum Gasteiger partial charge on any atom is 0.274 e. The molecule has 0 amide bonds. The molecule has 1 fully saturated rings. The largest absolute Gasteiger partial charge is 0.366 e. The molecule has 92 valence electrons. The molecular weight excluding hydrogens is 218 g/mol. The molecule has 0 radical (unpaired) electrons. The SMILES string of the molecule is CCN(c1cccc([N+](=O)[O-])c1C)C1CNC1. The lowest BCUT2D eigenvalue weighted by Crippen LogP contribution is -2.57. The van der Waals surface area contributed by atoms with E-state index in [1.807, 2.05) is 13.0 Å². The van der Waals surface area contributed by atoms with Crippen LogP contribution >= 0.6 is 0 Å². The molecule has 5 nitrogen and oxygen atoms in total. The average molecular weight is 235 g/mol. The maximum atomic E-state index is 10.9. The van der Waals surface area contributed by atoms with E-state index in [4.69, 9.17) is 0 Å². The molecule has 0 bridgehead atoms. The van der Waals surface area contributed by atoms with Gasteiger partial charge in [0.25, 0.3) is 5.69 Å². The molecule has 1 aromatic carbocycles. The number of nitro groups is 1. The van der Waals surface area contributed by atoms with Gasteiger partial charge in [0.05, 0.1) is 16.5 Å². The van der Waals surface area contributed by atoms with Gasteiger partial charge in [-0.2, -0.15) is 0 Å². The van der Waals surface area contributed by atoms with Gasteiger partial charge in [-0.3, -0.25) is 10.1 Å². The highest BCUT2D eigenvalue weighted by molar-refractivity contribution is 5.62. The second-order valence-electron chi connectivity index (χ2n) is 4.28. The fourth-order valence-electron chi connectivity index (χ4n) is 2.24. The summed E-state index contributed by atoms with van der Waals surface area (Å²) < 4.78 is 0. The van der Waals surface area contributed by atoms with Crippen LogP contribution in [0.2, 0.25) is 0 Å². The van der Waals surface area contributed by atoms with Crippen LogP contribution in [-0.2, 0) is 0 Å². The van der Waals surface area contributed by atoms with Crippen LogP contribution in [0.15, 0.2) is 18.2 Å². The molecule has 0 unspecified atom stereocenters. The van der Waals surface area contributed by atoms with Crippen LogP contribution in [-0.4, -0.2) is 30.6 Å². The lowest BCUT2D eigenvalue weighted by atomic mass is 10.1. The number of anilines is 1. The van der Waals surface area contributed by atoms with Crippen LogP contribution in [0.4, 0.5) is 11.4 Å². The fourth-order valence-corrected chi connectivity index (χ4v) is 2.24. The third-order valence-corrected chi connectivity index (χ3v) is 3.32. The Hall–Kier alpha value is -1.62. The summed E-state index contributed by atoms with van der Waals surface area (Å²) in [6.45, 7) is 6.68. The minimum absolute atomic E-state index is 0.202. The van der Waals surface area contributed by atoms with Gasteiger partial charge in [0, 0.05) is 31.4 Å². The normalized spacial score (nSPS) is 15.4. The highest BCUT2D eigenvalue weighted by atomic mass is 16.6. The van der Waals surface area contributed by atoms with Crippen molar-refractivity contribution in [2.75, 3.05) is 24.5 Å². The van der Waals surface area contributed by atoms with Crippen LogP contribution in [0.3, 0.4) is 0 Å². The molecule has 0 aliphatic carbocycles. The Balaban J connectivity index is 2.36. The average Bonchev–Trinajstić information content (AvgIpc) is 2.23. The first-order chi connectivity index (χ1) is 8.15. The van der Waals surface area contributed by atoms with E-state index in [0.29, 0.717) is 6.04 Å². The van der Waals surface area contributed by atoms with Crippen LogP contribution < -0.4 is 10.2 Å². The first kappa shape index (κ1) is 11.9. The van der Waals surface area contributed by atoms with Gasteiger partial charge in [0.2, 0.25) is 0 Å². The van der Waals surface area contributed by atoms with Crippen molar-refractivity contribution < 1.29 is 4.92 Å². The molecule has 0 aromatic heterocycles. The van der Waals surface area contributed by atoms with Gasteiger partial charge in [-0.05, 0) is 19.9 Å². The third kappa shape index (κ3) is 2.10. The Morgan fingerprint density at radius 1 is 1.53 bits per heavy atom. The van der Waals surface area contributed by atoms with Crippen molar-refractivity contribution in [3.8, 4) is 0 Å². The standard InChI is InChI=1S/C12H17N3O2/c1-3-14(10-7-13-8-10)11-5-4-6-12(9(11)2)15(16)17/h4-6,10,13H,3,7-8H2,1-2H3. The Bertz CT molecular complexity index is 430. The van der Waals surface area contributed by atoms with E-state index in [1.165, 1.54) is 0 Å². The number of hydrogen-bond donors (Lipinski definition) is 1. The van der Waals surface area contributed by atoms with E-state index >= 15 is 0 Å². The van der Waals surface area contributed by atoms with Crippen molar-refractivity contribution in [3.05, 3.63) is 33.9 Å². The van der Waals surface area contributed by atoms with E-state index in [9.17, 15) is 10.1 Å². The summed E-state index contributed by atoms with van der Waals surface area (Å²) in [4.78, 5) is 12.8. The van der Waals surface area contributed by atoms with Crippen LogP contribution in [0.5, 0.6) is 0 Å². The van der Waals surface area contributed by atoms with Gasteiger partial charge in [-0.15, -0.1) is 0 Å². The van der Waals surface area contributed by atoms with Gasteiger partial charge in [-0.1, -0.05) is 6.07 Å². The highest BCUT2D eigenvalue weighted by Gasteiger charge is 2.26. The third-order valence-electron chi connectivity index (χ3n) is 3.32. The second kappa shape index (κ2) is 4.71. The zero-order valence-electron chi connectivity index (χ0n) is 10.1. The lowest BCUT2D eigenvalue weighted by molar-refractivity contribution is -0.385. The number of nitrogens with zero attached hydrogens (tertiary/aromatic N) is 2. The van der Waals surface area contributed by atoms with Crippen molar-refractivity contribution >= 4 is 11.4 Å². The quantitative estimate of drug-likeness (QED) is 0.637. The van der Waals surface area contributed by atoms with Crippen molar-refractivity contribution in [1.29, 1.82) is 0 Å². The van der Waals surface area contributed by atoms with E-state index < -0.39 is 0 Å². The summed E-state index contributed by atoms with van der Waals surface area (Å²) in [5.41, 5.74) is 1.94. The summed E-state index contributed by atoms with van der Waals surface area (Å²) in [5, 5.41) is 14.1. The van der Waals surface area contributed by atoms with E-state index in [-0.39, 0.29) is 10.6 Å². The Morgan fingerprint density at radius 3 is 2.71 bits per heavy atom. The number of likely N-dealkylation sites (N-methyl/N-ethyl adjacent to an activating group) is 1. The van der Waals surface area contributed by atoms with Gasteiger partial charge in [-0.25, -0.2) is 0 Å². The zero-order chi connectivity index (χ0) is 12.4. The lowest BCUT2D eigenvalue weighted by Gasteiger charge is -2.39. The van der Waals surface area contributed by atoms with Gasteiger partial charge in [0.1, 0.15) is 0 Å². The molecule has 0 spiro atoms. The highest BCUT2D eigenvalue weighted by Crippen LogP contribution is 2.29. The number of hydrogen-bond acceptors (Lipinski definition) is 4. The topological polar surface area (TPSA) is 58.4 Å². The predicted octanol–water partition coefficient (Wildman–Crippen LogP) is 1.70. The van der Waals surface area contributed by atoms with Crippen molar-refractivity contribution in [2.45, 2.75) is 19.9 Å². The van der Waals surface area contributed by atoms with Gasteiger partial charge in [0.15, 0.2) is 0 Å². The van der Waals surface area contributed by atoms with Crippen LogP contribution in [0, 0.1) is 17.0 Å². The molecule has 1 heterocycles. The second-order valence-corrected chi connectivity index (χ2v) is 4.28. The molecule has 17 heavy (non-hydrogen) atoms. The Morgan fingerprint density at radius 2 is 2.24 bits per heavy atom. The monoisotopic (exact) mass is 235 g/mol. The fraction of sp³-hybridized carbons (Fsp3) is 0.500. The molecule has 1 aromatic rings. The summed E-state index contributed by atoms with van der Waals surface area (Å²) in [5.74, 6) is 0. The Kier molecular flexibility index (Phi) is 3.28. The first-order valence-electron chi connectivity index (χ1n) is 5.86. The van der Waals surface area contributed by atoms with Gasteiger partial charge >= 0.3 is 0 Å². The van der Waals surface area contributed by atoms with E-state index in [2.05, 4.69) is 17.1 Å². The number of benzene rings is 1. The van der Waals surface area contributed by atoms with E-state index in [0.717, 1.165) is 30.9 Å². The summed E-state index contributed by atoms with van der Waals surface area (Å²) >= 11 is 0. The summed E-state index contributed by atoms with van der Waals surface area (Å²) in [7, 11) is 0. The Labute approximate surface area is 101 Å². The molecule has 1 N–H and O–H groups in total. The minimum Gasteiger partial charge on any atom is -0.366 e. The molecule has 1 aliphatic rings. The summed E-state index contributed by atoms with van der Waals surface area (Å²) in [6.07, 6.45) is 0. The molecule has 0 atom stereocenters. The number of rotatable bonds is 4. The smallest absolute Gasteiger partial charge is 0.274 e. The maximum absolute atomic E-state index is 10.9. The zero-order valence-corrected chi connectivity index (χ0v) is 10.1. The minimum atomic E-state index is -0.314. The molecule has 5 heteroatoms. The number of nitrogens with one attached hydrogen (secondary N) is 1. The predicted molar refractivity (Wildman–Crippen MR) is 67.5 cm³/mol. The summed E-state index contributed by atoms with van der Waals surface area (Å²) in [6, 6.07) is 5.74. The van der Waals surface area contributed by atoms with Crippen LogP contribution in [0.1, 0.15) is 12.5 Å². The van der Waals surface area contributed by atoms with Crippen molar-refractivity contribution in [2.24, 2.45) is 0 Å². The molecule has 1 saturated heterocycles. The van der Waals surface area contributed by atoms with E-state index in [1.54, 1.807) is 12.1 Å². The first-order valence-corrected chi connectivity index (χ1v) is 5.86. The molecule has 2 rings (SSSR count). The molecular formula is C12H17N3O2. The number of nitro benzene ring substituents is 1. The van der Waals surface area contributed by atoms with Crippen molar-refractivity contribution in [1.82, 2.24) is 5.32 Å². The van der Waals surface area contributed by atoms with Gasteiger partial charge < -0.3 is 10.2 Å². The van der Waals surface area contributed by atoms with Crippen LogP contribution in [0.25, 0.3) is 0 Å². The molecule has 1 aliphatic heterocycles.